The third kappa shape index (κ3) is 4.01. The maximum absolute atomic E-state index is 5.89. The van der Waals surface area contributed by atoms with Crippen LogP contribution in [0.15, 0.2) is 12.3 Å². The number of methoxy groups -OCH3 is 1. The third-order valence-corrected chi connectivity index (χ3v) is 4.61. The minimum Gasteiger partial charge on any atom is -0.370 e. The van der Waals surface area contributed by atoms with E-state index in [4.69, 9.17) is 9.72 Å². The first-order chi connectivity index (χ1) is 9.87. The maximum atomic E-state index is 5.89. The Morgan fingerprint density at radius 1 is 1.24 bits per heavy atom. The molecule has 0 unspecified atom stereocenters. The van der Waals surface area contributed by atoms with Crippen molar-refractivity contribution < 1.29 is 4.74 Å². The highest BCUT2D eigenvalue weighted by atomic mass is 16.5. The van der Waals surface area contributed by atoms with E-state index in [1.165, 1.54) is 0 Å². The molecule has 4 nitrogen and oxygen atoms in total. The molecule has 1 aliphatic carbocycles. The van der Waals surface area contributed by atoms with Crippen LogP contribution in [0.5, 0.6) is 0 Å². The van der Waals surface area contributed by atoms with Gasteiger partial charge in [-0.1, -0.05) is 27.7 Å². The summed E-state index contributed by atoms with van der Waals surface area (Å²) in [7, 11) is 1.79. The molecule has 1 fully saturated rings. The number of aromatic nitrogens is 2. The van der Waals surface area contributed by atoms with Crippen LogP contribution in [0.25, 0.3) is 0 Å². The molecule has 0 bridgehead atoms. The summed E-state index contributed by atoms with van der Waals surface area (Å²) in [5.41, 5.74) is 1.14. The van der Waals surface area contributed by atoms with Gasteiger partial charge in [0.15, 0.2) is 5.82 Å². The second-order valence-electron chi connectivity index (χ2n) is 7.27. The highest BCUT2D eigenvalue weighted by Gasteiger charge is 2.42. The molecule has 0 saturated heterocycles. The van der Waals surface area contributed by atoms with Crippen LogP contribution in [0.4, 0.5) is 0 Å². The van der Waals surface area contributed by atoms with Crippen molar-refractivity contribution in [1.82, 2.24) is 15.3 Å². The molecule has 0 radical (unpaired) electrons. The van der Waals surface area contributed by atoms with Crippen molar-refractivity contribution in [3.05, 3.63) is 23.8 Å². The standard InChI is InChI=1S/C17H29N3O/c1-13(2)19-12-14-6-11-18-15(20-14)17(21-5)9-7-16(3,4)8-10-17/h6,11,13,19H,7-10,12H2,1-5H3. The van der Waals surface area contributed by atoms with E-state index in [-0.39, 0.29) is 5.60 Å². The lowest BCUT2D eigenvalue weighted by atomic mass is 9.70. The average Bonchev–Trinajstić information content (AvgIpc) is 2.46. The summed E-state index contributed by atoms with van der Waals surface area (Å²) in [6.07, 6.45) is 6.16. The Morgan fingerprint density at radius 2 is 1.90 bits per heavy atom. The van der Waals surface area contributed by atoms with Gasteiger partial charge in [0.25, 0.3) is 0 Å². The molecule has 1 aliphatic rings. The molecule has 0 amide bonds. The van der Waals surface area contributed by atoms with Gasteiger partial charge in [-0.2, -0.15) is 0 Å². The summed E-state index contributed by atoms with van der Waals surface area (Å²) in [6, 6.07) is 2.44. The Kier molecular flexibility index (Phi) is 4.99. The number of ether oxygens (including phenoxy) is 1. The number of rotatable bonds is 5. The van der Waals surface area contributed by atoms with E-state index >= 15 is 0 Å². The number of hydrogen-bond acceptors (Lipinski definition) is 4. The van der Waals surface area contributed by atoms with Crippen molar-refractivity contribution >= 4 is 0 Å². The van der Waals surface area contributed by atoms with Crippen LogP contribution in [0.2, 0.25) is 0 Å². The molecule has 21 heavy (non-hydrogen) atoms. The van der Waals surface area contributed by atoms with E-state index in [1.807, 2.05) is 12.3 Å². The lowest BCUT2D eigenvalue weighted by Gasteiger charge is -2.41. The van der Waals surface area contributed by atoms with Crippen molar-refractivity contribution in [3.63, 3.8) is 0 Å². The Balaban J connectivity index is 2.17. The van der Waals surface area contributed by atoms with E-state index in [1.54, 1.807) is 7.11 Å². The van der Waals surface area contributed by atoms with E-state index in [9.17, 15) is 0 Å². The molecule has 118 valence electrons. The molecule has 1 heterocycles. The molecule has 1 aromatic heterocycles. The Labute approximate surface area is 128 Å². The van der Waals surface area contributed by atoms with Crippen molar-refractivity contribution in [3.8, 4) is 0 Å². The lowest BCUT2D eigenvalue weighted by Crippen LogP contribution is -2.38. The smallest absolute Gasteiger partial charge is 0.160 e. The maximum Gasteiger partial charge on any atom is 0.160 e. The first-order valence-corrected chi connectivity index (χ1v) is 7.98. The first kappa shape index (κ1) is 16.4. The van der Waals surface area contributed by atoms with E-state index in [2.05, 4.69) is 38.0 Å². The summed E-state index contributed by atoms with van der Waals surface area (Å²) < 4.78 is 5.89. The van der Waals surface area contributed by atoms with Gasteiger partial charge in [0.2, 0.25) is 0 Å². The van der Waals surface area contributed by atoms with Gasteiger partial charge in [0.05, 0.1) is 5.69 Å². The number of hydrogen-bond donors (Lipinski definition) is 1. The molecule has 0 spiro atoms. The van der Waals surface area contributed by atoms with Crippen LogP contribution in [-0.4, -0.2) is 23.1 Å². The third-order valence-electron chi connectivity index (χ3n) is 4.61. The zero-order valence-corrected chi connectivity index (χ0v) is 14.1. The van der Waals surface area contributed by atoms with Crippen LogP contribution in [0.1, 0.15) is 64.9 Å². The minimum absolute atomic E-state index is 0.302. The van der Waals surface area contributed by atoms with E-state index < -0.39 is 0 Å². The van der Waals surface area contributed by atoms with Crippen molar-refractivity contribution in [2.24, 2.45) is 5.41 Å². The molecular formula is C17H29N3O. The monoisotopic (exact) mass is 291 g/mol. The first-order valence-electron chi connectivity index (χ1n) is 7.98. The normalized spacial score (nSPS) is 20.7. The largest absolute Gasteiger partial charge is 0.370 e. The van der Waals surface area contributed by atoms with Gasteiger partial charge in [0.1, 0.15) is 5.60 Å². The van der Waals surface area contributed by atoms with Gasteiger partial charge in [0, 0.05) is 25.9 Å². The predicted octanol–water partition coefficient (Wildman–Crippen LogP) is 3.42. The fourth-order valence-electron chi connectivity index (χ4n) is 2.87. The summed E-state index contributed by atoms with van der Waals surface area (Å²) in [4.78, 5) is 9.28. The van der Waals surface area contributed by atoms with Crippen LogP contribution >= 0.6 is 0 Å². The topological polar surface area (TPSA) is 47.0 Å². The Bertz CT molecular complexity index is 461. The Hall–Kier alpha value is -1.00. The molecule has 2 rings (SSSR count). The van der Waals surface area contributed by atoms with Crippen LogP contribution < -0.4 is 5.32 Å². The van der Waals surface area contributed by atoms with Crippen molar-refractivity contribution in [1.29, 1.82) is 0 Å². The quantitative estimate of drug-likeness (QED) is 0.903. The van der Waals surface area contributed by atoms with Gasteiger partial charge in [-0.05, 0) is 37.2 Å². The predicted molar refractivity (Wildman–Crippen MR) is 84.9 cm³/mol. The molecule has 4 heteroatoms. The second kappa shape index (κ2) is 6.41. The minimum atomic E-state index is -0.302. The molecule has 1 N–H and O–H groups in total. The molecule has 1 aromatic rings. The van der Waals surface area contributed by atoms with Crippen LogP contribution in [-0.2, 0) is 16.9 Å². The summed E-state index contributed by atoms with van der Waals surface area (Å²) in [5.74, 6) is 0.851. The summed E-state index contributed by atoms with van der Waals surface area (Å²) in [5, 5.41) is 3.40. The van der Waals surface area contributed by atoms with Crippen LogP contribution in [0.3, 0.4) is 0 Å². The van der Waals surface area contributed by atoms with Gasteiger partial charge < -0.3 is 10.1 Å². The number of nitrogens with zero attached hydrogens (tertiary/aromatic N) is 2. The highest BCUT2D eigenvalue weighted by Crippen LogP contribution is 2.45. The van der Waals surface area contributed by atoms with E-state index in [0.29, 0.717) is 11.5 Å². The molecule has 0 aliphatic heterocycles. The summed E-state index contributed by atoms with van der Waals surface area (Å²) >= 11 is 0. The SMILES string of the molecule is COC1(c2nccc(CNC(C)C)n2)CCC(C)(C)CC1. The van der Waals surface area contributed by atoms with Gasteiger partial charge in [-0.3, -0.25) is 0 Å². The average molecular weight is 291 g/mol. The lowest BCUT2D eigenvalue weighted by molar-refractivity contribution is -0.0730. The molecule has 0 atom stereocenters. The fourth-order valence-corrected chi connectivity index (χ4v) is 2.87. The van der Waals surface area contributed by atoms with Crippen molar-refractivity contribution in [2.75, 3.05) is 7.11 Å². The van der Waals surface area contributed by atoms with Gasteiger partial charge in [-0.15, -0.1) is 0 Å². The molecule has 1 saturated carbocycles. The summed E-state index contributed by atoms with van der Waals surface area (Å²) in [6.45, 7) is 9.72. The van der Waals surface area contributed by atoms with Crippen LogP contribution in [0, 0.1) is 5.41 Å². The zero-order chi connectivity index (χ0) is 15.5. The zero-order valence-electron chi connectivity index (χ0n) is 14.1. The second-order valence-corrected chi connectivity index (χ2v) is 7.27. The van der Waals surface area contributed by atoms with E-state index in [0.717, 1.165) is 43.7 Å². The molecule has 0 aromatic carbocycles. The number of nitrogens with one attached hydrogen (secondary N) is 1. The fraction of sp³-hybridized carbons (Fsp3) is 0.765. The highest BCUT2D eigenvalue weighted by molar-refractivity contribution is 5.10. The van der Waals surface area contributed by atoms with Gasteiger partial charge >= 0.3 is 0 Å². The van der Waals surface area contributed by atoms with Crippen molar-refractivity contribution in [2.45, 2.75) is 71.6 Å². The molecular weight excluding hydrogens is 262 g/mol. The van der Waals surface area contributed by atoms with Gasteiger partial charge in [-0.25, -0.2) is 9.97 Å². The Morgan fingerprint density at radius 3 is 2.48 bits per heavy atom.